The van der Waals surface area contributed by atoms with E-state index in [-0.39, 0.29) is 11.2 Å². The van der Waals surface area contributed by atoms with Gasteiger partial charge in [-0.1, -0.05) is 20.8 Å². The molecule has 0 rings (SSSR count). The molecule has 0 bridgehead atoms. The standard InChI is InChI=1S/C9H20N2OS/c1-4-8(9(12)11-10)13-6-5-7(2)3/h7-8H,4-6,10H2,1-3H3,(H,11,12). The van der Waals surface area contributed by atoms with Crippen molar-refractivity contribution in [1.82, 2.24) is 5.43 Å². The first kappa shape index (κ1) is 12.8. The van der Waals surface area contributed by atoms with E-state index in [1.807, 2.05) is 6.92 Å². The molecular formula is C9H20N2OS. The molecule has 1 atom stereocenters. The molecule has 0 aromatic rings. The number of nitrogens with one attached hydrogen (secondary N) is 1. The summed E-state index contributed by atoms with van der Waals surface area (Å²) < 4.78 is 0. The lowest BCUT2D eigenvalue weighted by Crippen LogP contribution is -2.37. The van der Waals surface area contributed by atoms with E-state index >= 15 is 0 Å². The molecule has 1 unspecified atom stereocenters. The highest BCUT2D eigenvalue weighted by atomic mass is 32.2. The van der Waals surface area contributed by atoms with Gasteiger partial charge in [-0.05, 0) is 24.5 Å². The van der Waals surface area contributed by atoms with Gasteiger partial charge in [-0.3, -0.25) is 10.2 Å². The van der Waals surface area contributed by atoms with Crippen molar-refractivity contribution in [3.05, 3.63) is 0 Å². The summed E-state index contributed by atoms with van der Waals surface area (Å²) in [6.45, 7) is 6.37. The average Bonchev–Trinajstić information content (AvgIpc) is 2.11. The molecule has 0 saturated carbocycles. The summed E-state index contributed by atoms with van der Waals surface area (Å²) in [6, 6.07) is 0. The molecule has 0 spiro atoms. The summed E-state index contributed by atoms with van der Waals surface area (Å²) >= 11 is 1.69. The Hall–Kier alpha value is -0.220. The summed E-state index contributed by atoms with van der Waals surface area (Å²) in [7, 11) is 0. The lowest BCUT2D eigenvalue weighted by Gasteiger charge is -2.12. The quantitative estimate of drug-likeness (QED) is 0.392. The summed E-state index contributed by atoms with van der Waals surface area (Å²) in [4.78, 5) is 11.2. The smallest absolute Gasteiger partial charge is 0.246 e. The molecule has 0 aromatic heterocycles. The van der Waals surface area contributed by atoms with E-state index in [0.717, 1.165) is 18.6 Å². The largest absolute Gasteiger partial charge is 0.293 e. The monoisotopic (exact) mass is 204 g/mol. The zero-order valence-electron chi connectivity index (χ0n) is 8.67. The van der Waals surface area contributed by atoms with Gasteiger partial charge in [0.2, 0.25) is 5.91 Å². The van der Waals surface area contributed by atoms with Crippen molar-refractivity contribution in [2.24, 2.45) is 11.8 Å². The summed E-state index contributed by atoms with van der Waals surface area (Å²) in [5.74, 6) is 6.74. The third kappa shape index (κ3) is 5.93. The van der Waals surface area contributed by atoms with Crippen molar-refractivity contribution >= 4 is 17.7 Å². The van der Waals surface area contributed by atoms with Crippen LogP contribution in [0, 0.1) is 5.92 Å². The van der Waals surface area contributed by atoms with E-state index in [0.29, 0.717) is 5.92 Å². The minimum Gasteiger partial charge on any atom is -0.293 e. The minimum absolute atomic E-state index is 0.0174. The second-order valence-corrected chi connectivity index (χ2v) is 4.77. The molecule has 3 N–H and O–H groups in total. The summed E-state index contributed by atoms with van der Waals surface area (Å²) in [6.07, 6.45) is 1.99. The first-order valence-electron chi connectivity index (χ1n) is 4.73. The van der Waals surface area contributed by atoms with E-state index in [4.69, 9.17) is 5.84 Å². The summed E-state index contributed by atoms with van der Waals surface area (Å²) in [5.41, 5.74) is 2.19. The van der Waals surface area contributed by atoms with Gasteiger partial charge in [-0.25, -0.2) is 5.84 Å². The van der Waals surface area contributed by atoms with E-state index in [1.165, 1.54) is 0 Å². The number of rotatable bonds is 6. The maximum Gasteiger partial charge on any atom is 0.246 e. The molecule has 0 heterocycles. The number of thioether (sulfide) groups is 1. The topological polar surface area (TPSA) is 55.1 Å². The maximum atomic E-state index is 11.2. The molecule has 78 valence electrons. The zero-order chi connectivity index (χ0) is 10.3. The van der Waals surface area contributed by atoms with Gasteiger partial charge in [0.1, 0.15) is 0 Å². The van der Waals surface area contributed by atoms with Crippen molar-refractivity contribution in [1.29, 1.82) is 0 Å². The van der Waals surface area contributed by atoms with Crippen molar-refractivity contribution < 1.29 is 4.79 Å². The number of carbonyl (C=O) groups is 1. The molecule has 0 aliphatic heterocycles. The van der Waals surface area contributed by atoms with Crippen LogP contribution in [0.2, 0.25) is 0 Å². The highest BCUT2D eigenvalue weighted by Crippen LogP contribution is 2.17. The van der Waals surface area contributed by atoms with Crippen molar-refractivity contribution in [2.75, 3.05) is 5.75 Å². The van der Waals surface area contributed by atoms with Crippen molar-refractivity contribution in [2.45, 2.75) is 38.9 Å². The molecule has 0 saturated heterocycles. The fourth-order valence-corrected chi connectivity index (χ4v) is 2.27. The molecule has 1 amide bonds. The van der Waals surface area contributed by atoms with Crippen LogP contribution in [0.3, 0.4) is 0 Å². The number of hydrazine groups is 1. The number of carbonyl (C=O) groups excluding carboxylic acids is 1. The van der Waals surface area contributed by atoms with Gasteiger partial charge < -0.3 is 0 Å². The van der Waals surface area contributed by atoms with Gasteiger partial charge >= 0.3 is 0 Å². The number of nitrogens with two attached hydrogens (primary N) is 1. The van der Waals surface area contributed by atoms with Crippen molar-refractivity contribution in [3.8, 4) is 0 Å². The SMILES string of the molecule is CCC(SCCC(C)C)C(=O)NN. The lowest BCUT2D eigenvalue weighted by atomic mass is 10.2. The Labute approximate surface area is 84.8 Å². The van der Waals surface area contributed by atoms with Crippen LogP contribution in [0.5, 0.6) is 0 Å². The third-order valence-corrected chi connectivity index (χ3v) is 3.24. The van der Waals surface area contributed by atoms with E-state index in [9.17, 15) is 4.79 Å². The van der Waals surface area contributed by atoms with Crippen molar-refractivity contribution in [3.63, 3.8) is 0 Å². The fourth-order valence-electron chi connectivity index (χ4n) is 0.918. The molecule has 0 fully saturated rings. The van der Waals surface area contributed by atoms with Crippen LogP contribution < -0.4 is 11.3 Å². The Bertz CT molecular complexity index is 151. The zero-order valence-corrected chi connectivity index (χ0v) is 9.49. The molecule has 0 aliphatic rings. The molecule has 0 radical (unpaired) electrons. The van der Waals surface area contributed by atoms with E-state index in [1.54, 1.807) is 11.8 Å². The average molecular weight is 204 g/mol. The predicted octanol–water partition coefficient (Wildman–Crippen LogP) is 1.53. The molecule has 13 heavy (non-hydrogen) atoms. The molecule has 0 aliphatic carbocycles. The Balaban J connectivity index is 3.66. The van der Waals surface area contributed by atoms with Gasteiger partial charge in [-0.15, -0.1) is 11.8 Å². The van der Waals surface area contributed by atoms with Crippen LogP contribution in [-0.4, -0.2) is 16.9 Å². The molecule has 4 heteroatoms. The second kappa shape index (κ2) is 7.21. The van der Waals surface area contributed by atoms with Crippen LogP contribution in [0.1, 0.15) is 33.6 Å². The number of hydrogen-bond donors (Lipinski definition) is 2. The first-order chi connectivity index (χ1) is 6.11. The highest BCUT2D eigenvalue weighted by molar-refractivity contribution is 8.00. The van der Waals surface area contributed by atoms with Crippen LogP contribution in [0.15, 0.2) is 0 Å². The number of hydrogen-bond acceptors (Lipinski definition) is 3. The Kier molecular flexibility index (Phi) is 7.09. The molecule has 3 nitrogen and oxygen atoms in total. The Morgan fingerprint density at radius 1 is 1.54 bits per heavy atom. The normalized spacial score (nSPS) is 13.0. The van der Waals surface area contributed by atoms with Crippen LogP contribution >= 0.6 is 11.8 Å². The Morgan fingerprint density at radius 2 is 2.15 bits per heavy atom. The Morgan fingerprint density at radius 3 is 2.54 bits per heavy atom. The third-order valence-electron chi connectivity index (χ3n) is 1.82. The minimum atomic E-state index is -0.0590. The van der Waals surface area contributed by atoms with Gasteiger partial charge in [0.25, 0.3) is 0 Å². The van der Waals surface area contributed by atoms with E-state index < -0.39 is 0 Å². The van der Waals surface area contributed by atoms with Crippen LogP contribution in [-0.2, 0) is 4.79 Å². The molecule has 0 aromatic carbocycles. The lowest BCUT2D eigenvalue weighted by molar-refractivity contribution is -0.120. The van der Waals surface area contributed by atoms with Crippen LogP contribution in [0.4, 0.5) is 0 Å². The first-order valence-corrected chi connectivity index (χ1v) is 5.78. The maximum absolute atomic E-state index is 11.2. The van der Waals surface area contributed by atoms with Gasteiger partial charge in [-0.2, -0.15) is 0 Å². The van der Waals surface area contributed by atoms with Gasteiger partial charge in [0, 0.05) is 0 Å². The van der Waals surface area contributed by atoms with Crippen LogP contribution in [0.25, 0.3) is 0 Å². The van der Waals surface area contributed by atoms with Gasteiger partial charge in [0.15, 0.2) is 0 Å². The van der Waals surface area contributed by atoms with Gasteiger partial charge in [0.05, 0.1) is 5.25 Å². The van der Waals surface area contributed by atoms with E-state index in [2.05, 4.69) is 19.3 Å². The highest BCUT2D eigenvalue weighted by Gasteiger charge is 2.14. The predicted molar refractivity (Wildman–Crippen MR) is 58.3 cm³/mol. The molecular weight excluding hydrogens is 184 g/mol. The second-order valence-electron chi connectivity index (χ2n) is 3.46. The fraction of sp³-hybridized carbons (Fsp3) is 0.889. The summed E-state index contributed by atoms with van der Waals surface area (Å²) in [5, 5.41) is 0.0174. The number of amides is 1.